The topological polar surface area (TPSA) is 28.2 Å². The van der Waals surface area contributed by atoms with Gasteiger partial charge in [0.2, 0.25) is 0 Å². The molecule has 4 heteroatoms. The number of aromatic nitrogens is 1. The van der Waals surface area contributed by atoms with Crippen LogP contribution in [0, 0.1) is 5.92 Å². The lowest BCUT2D eigenvalue weighted by Crippen LogP contribution is -2.24. The predicted octanol–water partition coefficient (Wildman–Crippen LogP) is 3.08. The Bertz CT molecular complexity index is 402. The van der Waals surface area contributed by atoms with Crippen molar-refractivity contribution in [2.45, 2.75) is 39.3 Å². The summed E-state index contributed by atoms with van der Waals surface area (Å²) >= 11 is 6.19. The molecule has 18 heavy (non-hydrogen) atoms. The molecule has 100 valence electrons. The number of halogens is 1. The van der Waals surface area contributed by atoms with Crippen molar-refractivity contribution in [1.82, 2.24) is 10.3 Å². The third kappa shape index (κ3) is 3.85. The van der Waals surface area contributed by atoms with E-state index in [1.165, 1.54) is 12.8 Å². The molecule has 1 fully saturated rings. The lowest BCUT2D eigenvalue weighted by atomic mass is 10.2. The molecule has 1 aliphatic rings. The van der Waals surface area contributed by atoms with Crippen LogP contribution in [0.3, 0.4) is 0 Å². The van der Waals surface area contributed by atoms with Crippen molar-refractivity contribution < 1.29 is 0 Å². The molecule has 0 saturated heterocycles. The van der Waals surface area contributed by atoms with Crippen molar-refractivity contribution in [3.63, 3.8) is 0 Å². The van der Waals surface area contributed by atoms with E-state index in [1.807, 2.05) is 12.1 Å². The quantitative estimate of drug-likeness (QED) is 0.859. The van der Waals surface area contributed by atoms with Gasteiger partial charge in [-0.05, 0) is 30.9 Å². The van der Waals surface area contributed by atoms with E-state index in [4.69, 9.17) is 11.6 Å². The van der Waals surface area contributed by atoms with Crippen molar-refractivity contribution in [1.29, 1.82) is 0 Å². The van der Waals surface area contributed by atoms with Gasteiger partial charge in [-0.1, -0.05) is 25.4 Å². The fourth-order valence-corrected chi connectivity index (χ4v) is 2.15. The summed E-state index contributed by atoms with van der Waals surface area (Å²) in [7, 11) is 2.08. The molecule has 3 nitrogen and oxygen atoms in total. The zero-order valence-electron chi connectivity index (χ0n) is 11.4. The normalized spacial score (nSPS) is 15.2. The van der Waals surface area contributed by atoms with Crippen molar-refractivity contribution >= 4 is 17.4 Å². The molecule has 0 atom stereocenters. The van der Waals surface area contributed by atoms with Gasteiger partial charge in [-0.2, -0.15) is 0 Å². The number of rotatable bonds is 6. The number of hydrogen-bond acceptors (Lipinski definition) is 3. The van der Waals surface area contributed by atoms with Gasteiger partial charge in [0.15, 0.2) is 0 Å². The van der Waals surface area contributed by atoms with Crippen LogP contribution < -0.4 is 10.2 Å². The van der Waals surface area contributed by atoms with E-state index in [0.717, 1.165) is 29.6 Å². The standard InChI is InChI=1S/C14H22ClN3/c1-10(2)9-18(3)14-7-6-12(15)13(17-14)8-16-11-4-5-11/h6-7,10-11,16H,4-5,8-9H2,1-3H3. The van der Waals surface area contributed by atoms with Gasteiger partial charge in [-0.25, -0.2) is 4.98 Å². The number of anilines is 1. The van der Waals surface area contributed by atoms with Gasteiger partial charge in [0.1, 0.15) is 5.82 Å². The first-order chi connectivity index (χ1) is 8.56. The molecule has 0 unspecified atom stereocenters. The molecular formula is C14H22ClN3. The Morgan fingerprint density at radius 1 is 1.44 bits per heavy atom. The summed E-state index contributed by atoms with van der Waals surface area (Å²) in [6, 6.07) is 4.62. The summed E-state index contributed by atoms with van der Waals surface area (Å²) in [5, 5.41) is 4.21. The highest BCUT2D eigenvalue weighted by Crippen LogP contribution is 2.22. The van der Waals surface area contributed by atoms with E-state index in [0.29, 0.717) is 12.0 Å². The molecule has 1 heterocycles. The predicted molar refractivity (Wildman–Crippen MR) is 77.2 cm³/mol. The largest absolute Gasteiger partial charge is 0.359 e. The van der Waals surface area contributed by atoms with Crippen LogP contribution in [0.5, 0.6) is 0 Å². The van der Waals surface area contributed by atoms with Crippen LogP contribution in [0.15, 0.2) is 12.1 Å². The van der Waals surface area contributed by atoms with Crippen LogP contribution >= 0.6 is 11.6 Å². The molecule has 1 aromatic rings. The summed E-state index contributed by atoms with van der Waals surface area (Å²) in [6.45, 7) is 6.20. The van der Waals surface area contributed by atoms with Gasteiger partial charge in [0.25, 0.3) is 0 Å². The van der Waals surface area contributed by atoms with Crippen LogP contribution in [-0.2, 0) is 6.54 Å². The first-order valence-electron chi connectivity index (χ1n) is 6.66. The molecule has 1 aliphatic carbocycles. The van der Waals surface area contributed by atoms with Crippen molar-refractivity contribution in [2.24, 2.45) is 5.92 Å². The van der Waals surface area contributed by atoms with Crippen LogP contribution in [0.1, 0.15) is 32.4 Å². The zero-order valence-corrected chi connectivity index (χ0v) is 12.2. The van der Waals surface area contributed by atoms with E-state index in [9.17, 15) is 0 Å². The van der Waals surface area contributed by atoms with Gasteiger partial charge < -0.3 is 10.2 Å². The molecule has 0 radical (unpaired) electrons. The fraction of sp³-hybridized carbons (Fsp3) is 0.643. The summed E-state index contributed by atoms with van der Waals surface area (Å²) < 4.78 is 0. The third-order valence-electron chi connectivity index (χ3n) is 3.07. The second-order valence-electron chi connectivity index (χ2n) is 5.53. The first kappa shape index (κ1) is 13.6. The number of nitrogens with one attached hydrogen (secondary N) is 1. The summed E-state index contributed by atoms with van der Waals surface area (Å²) in [5.41, 5.74) is 0.955. The van der Waals surface area contributed by atoms with Gasteiger partial charge in [0.05, 0.1) is 10.7 Å². The number of nitrogens with zero attached hydrogens (tertiary/aromatic N) is 2. The molecular weight excluding hydrogens is 246 g/mol. The molecule has 0 bridgehead atoms. The van der Waals surface area contributed by atoms with E-state index in [1.54, 1.807) is 0 Å². The van der Waals surface area contributed by atoms with E-state index < -0.39 is 0 Å². The van der Waals surface area contributed by atoms with Crippen molar-refractivity contribution in [3.8, 4) is 0 Å². The Morgan fingerprint density at radius 3 is 2.78 bits per heavy atom. The van der Waals surface area contributed by atoms with E-state index >= 15 is 0 Å². The Balaban J connectivity index is 2.03. The maximum absolute atomic E-state index is 6.19. The summed E-state index contributed by atoms with van der Waals surface area (Å²) in [5.74, 6) is 1.63. The molecule has 0 aliphatic heterocycles. The molecule has 0 spiro atoms. The van der Waals surface area contributed by atoms with Gasteiger partial charge >= 0.3 is 0 Å². The zero-order chi connectivity index (χ0) is 13.1. The smallest absolute Gasteiger partial charge is 0.128 e. The van der Waals surface area contributed by atoms with Gasteiger partial charge in [-0.3, -0.25) is 0 Å². The van der Waals surface area contributed by atoms with Crippen LogP contribution in [0.2, 0.25) is 5.02 Å². The lowest BCUT2D eigenvalue weighted by molar-refractivity contribution is 0.631. The SMILES string of the molecule is CC(C)CN(C)c1ccc(Cl)c(CNC2CC2)n1. The minimum Gasteiger partial charge on any atom is -0.359 e. The molecule has 1 aromatic heterocycles. The maximum Gasteiger partial charge on any atom is 0.128 e. The minimum atomic E-state index is 0.625. The number of hydrogen-bond donors (Lipinski definition) is 1. The fourth-order valence-electron chi connectivity index (χ4n) is 1.98. The maximum atomic E-state index is 6.19. The first-order valence-corrected chi connectivity index (χ1v) is 7.04. The molecule has 1 N–H and O–H groups in total. The van der Waals surface area contributed by atoms with Gasteiger partial charge in [0, 0.05) is 26.2 Å². The third-order valence-corrected chi connectivity index (χ3v) is 3.41. The highest BCUT2D eigenvalue weighted by Gasteiger charge is 2.20. The molecule has 1 saturated carbocycles. The Labute approximate surface area is 115 Å². The van der Waals surface area contributed by atoms with Crippen molar-refractivity contribution in [3.05, 3.63) is 22.8 Å². The monoisotopic (exact) mass is 267 g/mol. The second kappa shape index (κ2) is 5.89. The van der Waals surface area contributed by atoms with Crippen molar-refractivity contribution in [2.75, 3.05) is 18.5 Å². The van der Waals surface area contributed by atoms with E-state index in [-0.39, 0.29) is 0 Å². The van der Waals surface area contributed by atoms with Crippen LogP contribution in [-0.4, -0.2) is 24.6 Å². The number of pyridine rings is 1. The van der Waals surface area contributed by atoms with Gasteiger partial charge in [-0.15, -0.1) is 0 Å². The Kier molecular flexibility index (Phi) is 4.46. The molecule has 0 amide bonds. The Morgan fingerprint density at radius 2 is 2.17 bits per heavy atom. The molecule has 2 rings (SSSR count). The summed E-state index contributed by atoms with van der Waals surface area (Å²) in [6.07, 6.45) is 2.56. The summed E-state index contributed by atoms with van der Waals surface area (Å²) in [4.78, 5) is 6.84. The average Bonchev–Trinajstić information content (AvgIpc) is 3.10. The minimum absolute atomic E-state index is 0.625. The average molecular weight is 268 g/mol. The van der Waals surface area contributed by atoms with Crippen LogP contribution in [0.4, 0.5) is 5.82 Å². The lowest BCUT2D eigenvalue weighted by Gasteiger charge is -2.21. The Hall–Kier alpha value is -0.800. The molecule has 0 aromatic carbocycles. The highest BCUT2D eigenvalue weighted by atomic mass is 35.5. The highest BCUT2D eigenvalue weighted by molar-refractivity contribution is 6.31. The second-order valence-corrected chi connectivity index (χ2v) is 5.93. The van der Waals surface area contributed by atoms with Crippen LogP contribution in [0.25, 0.3) is 0 Å². The van der Waals surface area contributed by atoms with E-state index in [2.05, 4.69) is 36.1 Å².